The van der Waals surface area contributed by atoms with Crippen LogP contribution in [0.25, 0.3) is 6.08 Å². The van der Waals surface area contributed by atoms with E-state index in [2.05, 4.69) is 11.9 Å². The molecule has 0 bridgehead atoms. The first-order chi connectivity index (χ1) is 8.76. The Morgan fingerprint density at radius 2 is 2.16 bits per heavy atom. The minimum atomic E-state index is -0.625. The summed E-state index contributed by atoms with van der Waals surface area (Å²) in [5.41, 5.74) is 0.673. The van der Waals surface area contributed by atoms with Gasteiger partial charge in [-0.15, -0.1) is 0 Å². The van der Waals surface area contributed by atoms with E-state index in [0.717, 1.165) is 0 Å². The fourth-order valence-corrected chi connectivity index (χ4v) is 1.60. The summed E-state index contributed by atoms with van der Waals surface area (Å²) >= 11 is 6.10. The Morgan fingerprint density at radius 1 is 1.53 bits per heavy atom. The van der Waals surface area contributed by atoms with Crippen molar-refractivity contribution in [1.82, 2.24) is 0 Å². The predicted octanol–water partition coefficient (Wildman–Crippen LogP) is 4.20. The Labute approximate surface area is 117 Å². The van der Waals surface area contributed by atoms with Gasteiger partial charge in [0.2, 0.25) is 0 Å². The molecule has 0 aromatic heterocycles. The maximum absolute atomic E-state index is 11.7. The van der Waals surface area contributed by atoms with Crippen molar-refractivity contribution < 1.29 is 9.53 Å². The third-order valence-electron chi connectivity index (χ3n) is 2.09. The average molecular weight is 279 g/mol. The smallest absolute Gasteiger partial charge is 0.412 e. The number of halogens is 1. The second kappa shape index (κ2) is 5.77. The number of benzene rings is 1. The van der Waals surface area contributed by atoms with Crippen LogP contribution in [0.3, 0.4) is 0 Å². The lowest BCUT2D eigenvalue weighted by Crippen LogP contribution is -2.27. The van der Waals surface area contributed by atoms with Crippen LogP contribution >= 0.6 is 11.6 Å². The lowest BCUT2D eigenvalue weighted by atomic mass is 10.1. The molecule has 0 aliphatic heterocycles. The van der Waals surface area contributed by atoms with Crippen LogP contribution in [0.4, 0.5) is 10.5 Å². The molecule has 1 amide bonds. The summed E-state index contributed by atoms with van der Waals surface area (Å²) in [5.74, 6) is 0. The molecular weight excluding hydrogens is 264 g/mol. The van der Waals surface area contributed by atoms with Gasteiger partial charge < -0.3 is 4.74 Å². The molecule has 1 aromatic rings. The summed E-state index contributed by atoms with van der Waals surface area (Å²) in [6.45, 7) is 8.89. The number of hydrogen-bond donors (Lipinski definition) is 1. The van der Waals surface area contributed by atoms with Gasteiger partial charge in [-0.3, -0.25) is 5.32 Å². The van der Waals surface area contributed by atoms with Gasteiger partial charge in [-0.1, -0.05) is 24.3 Å². The second-order valence-corrected chi connectivity index (χ2v) is 5.25. The van der Waals surface area contributed by atoms with Gasteiger partial charge in [0, 0.05) is 0 Å². The highest BCUT2D eigenvalue weighted by Crippen LogP contribution is 2.29. The van der Waals surface area contributed by atoms with E-state index >= 15 is 0 Å². The molecule has 19 heavy (non-hydrogen) atoms. The number of carbonyl (C=O) groups excluding carboxylic acids is 1. The van der Waals surface area contributed by atoms with Crippen LogP contribution in [0.1, 0.15) is 31.9 Å². The van der Waals surface area contributed by atoms with Gasteiger partial charge in [-0.25, -0.2) is 4.79 Å². The van der Waals surface area contributed by atoms with Gasteiger partial charge >= 0.3 is 6.09 Å². The quantitative estimate of drug-likeness (QED) is 0.882. The molecule has 0 spiro atoms. The van der Waals surface area contributed by atoms with Gasteiger partial charge in [0.05, 0.1) is 22.3 Å². The lowest BCUT2D eigenvalue weighted by Gasteiger charge is -2.20. The second-order valence-electron chi connectivity index (χ2n) is 4.87. The van der Waals surface area contributed by atoms with Crippen LogP contribution in [-0.2, 0) is 4.74 Å². The third kappa shape index (κ3) is 4.31. The van der Waals surface area contributed by atoms with Crippen LogP contribution in [-0.4, -0.2) is 11.7 Å². The van der Waals surface area contributed by atoms with E-state index in [9.17, 15) is 4.79 Å². The maximum Gasteiger partial charge on any atom is 0.412 e. The molecular formula is C14H15ClN2O2. The lowest BCUT2D eigenvalue weighted by molar-refractivity contribution is 0.0636. The molecule has 0 aliphatic rings. The number of anilines is 1. The van der Waals surface area contributed by atoms with E-state index in [-0.39, 0.29) is 0 Å². The fourth-order valence-electron chi connectivity index (χ4n) is 1.36. The third-order valence-corrected chi connectivity index (χ3v) is 2.51. The largest absolute Gasteiger partial charge is 0.444 e. The van der Waals surface area contributed by atoms with Crippen molar-refractivity contribution in [1.29, 1.82) is 5.26 Å². The molecule has 0 atom stereocenters. The highest BCUT2D eigenvalue weighted by atomic mass is 35.5. The van der Waals surface area contributed by atoms with E-state index in [4.69, 9.17) is 21.6 Å². The highest BCUT2D eigenvalue weighted by Gasteiger charge is 2.18. The highest BCUT2D eigenvalue weighted by molar-refractivity contribution is 6.35. The molecule has 0 heterocycles. The van der Waals surface area contributed by atoms with Crippen molar-refractivity contribution in [3.63, 3.8) is 0 Å². The first kappa shape index (κ1) is 15.1. The molecule has 100 valence electrons. The predicted molar refractivity (Wildman–Crippen MR) is 76.1 cm³/mol. The average Bonchev–Trinajstić information content (AvgIpc) is 2.29. The number of ether oxygens (including phenoxy) is 1. The first-order valence-electron chi connectivity index (χ1n) is 5.63. The summed E-state index contributed by atoms with van der Waals surface area (Å²) in [4.78, 5) is 11.7. The topological polar surface area (TPSA) is 62.1 Å². The number of hydrogen-bond acceptors (Lipinski definition) is 3. The molecule has 0 fully saturated rings. The van der Waals surface area contributed by atoms with Crippen LogP contribution in [0.15, 0.2) is 18.7 Å². The molecule has 0 radical (unpaired) electrons. The van der Waals surface area contributed by atoms with E-state index in [1.165, 1.54) is 12.1 Å². The zero-order valence-electron chi connectivity index (χ0n) is 11.1. The maximum atomic E-state index is 11.7. The molecule has 1 aromatic carbocycles. The molecule has 0 saturated carbocycles. The van der Waals surface area contributed by atoms with Crippen molar-refractivity contribution in [2.75, 3.05) is 5.32 Å². The first-order valence-corrected chi connectivity index (χ1v) is 6.00. The molecule has 0 unspecified atom stereocenters. The Balaban J connectivity index is 3.04. The molecule has 5 heteroatoms. The van der Waals surface area contributed by atoms with Crippen LogP contribution in [0.2, 0.25) is 5.02 Å². The van der Waals surface area contributed by atoms with Crippen molar-refractivity contribution in [2.24, 2.45) is 0 Å². The summed E-state index contributed by atoms with van der Waals surface area (Å²) < 4.78 is 5.13. The molecule has 1 rings (SSSR count). The van der Waals surface area contributed by atoms with Gasteiger partial charge in [0.25, 0.3) is 0 Å². The number of rotatable bonds is 2. The Morgan fingerprint density at radius 3 is 2.63 bits per heavy atom. The van der Waals surface area contributed by atoms with Gasteiger partial charge in [-0.2, -0.15) is 5.26 Å². The number of nitrogens with zero attached hydrogens (tertiary/aromatic N) is 1. The number of nitriles is 1. The standard InChI is InChI=1S/C14H15ClN2O2/c1-5-10-6-9(8-16)7-11(12(10)15)17-13(18)19-14(2,3)4/h5-7H,1H2,2-4H3,(H,17,18). The molecule has 0 aliphatic carbocycles. The number of carbonyl (C=O) groups is 1. The zero-order chi connectivity index (χ0) is 14.6. The van der Waals surface area contributed by atoms with E-state index < -0.39 is 11.7 Å². The van der Waals surface area contributed by atoms with E-state index in [1.807, 2.05) is 6.07 Å². The van der Waals surface area contributed by atoms with Crippen LogP contribution in [0.5, 0.6) is 0 Å². The minimum absolute atomic E-state index is 0.319. The summed E-state index contributed by atoms with van der Waals surface area (Å²) in [5, 5.41) is 11.8. The zero-order valence-corrected chi connectivity index (χ0v) is 11.8. The molecule has 4 nitrogen and oxygen atoms in total. The van der Waals surface area contributed by atoms with Crippen molar-refractivity contribution in [3.8, 4) is 6.07 Å². The van der Waals surface area contributed by atoms with Crippen LogP contribution < -0.4 is 5.32 Å². The Bertz CT molecular complexity index is 554. The van der Waals surface area contributed by atoms with Gasteiger partial charge in [0.15, 0.2) is 0 Å². The number of amides is 1. The van der Waals surface area contributed by atoms with Crippen molar-refractivity contribution in [2.45, 2.75) is 26.4 Å². The SMILES string of the molecule is C=Cc1cc(C#N)cc(NC(=O)OC(C)(C)C)c1Cl. The Kier molecular flexibility index (Phi) is 4.57. The van der Waals surface area contributed by atoms with Crippen molar-refractivity contribution >= 4 is 29.5 Å². The summed E-state index contributed by atoms with van der Waals surface area (Å²) in [6.07, 6.45) is 0.892. The molecule has 0 saturated heterocycles. The summed E-state index contributed by atoms with van der Waals surface area (Å²) in [7, 11) is 0. The van der Waals surface area contributed by atoms with Gasteiger partial charge in [0.1, 0.15) is 5.60 Å². The monoisotopic (exact) mass is 278 g/mol. The fraction of sp³-hybridized carbons (Fsp3) is 0.286. The van der Waals surface area contributed by atoms with E-state index in [0.29, 0.717) is 21.8 Å². The van der Waals surface area contributed by atoms with Crippen LogP contribution in [0, 0.1) is 11.3 Å². The van der Waals surface area contributed by atoms with Crippen molar-refractivity contribution in [3.05, 3.63) is 34.9 Å². The Hall–Kier alpha value is -1.99. The van der Waals surface area contributed by atoms with E-state index in [1.54, 1.807) is 26.8 Å². The summed E-state index contributed by atoms with van der Waals surface area (Å²) in [6, 6.07) is 5.07. The number of nitrogens with one attached hydrogen (secondary N) is 1. The molecule has 1 N–H and O–H groups in total. The van der Waals surface area contributed by atoms with Gasteiger partial charge in [-0.05, 0) is 38.5 Å². The normalized spacial score (nSPS) is 10.5. The minimum Gasteiger partial charge on any atom is -0.444 e.